The van der Waals surface area contributed by atoms with Gasteiger partial charge in [0.1, 0.15) is 11.6 Å². The lowest BCUT2D eigenvalue weighted by molar-refractivity contribution is 0.101. The van der Waals surface area contributed by atoms with Crippen LogP contribution in [0, 0.1) is 19.7 Å². The third-order valence-electron chi connectivity index (χ3n) is 5.39. The van der Waals surface area contributed by atoms with Gasteiger partial charge in [0, 0.05) is 17.1 Å². The van der Waals surface area contributed by atoms with E-state index in [9.17, 15) is 9.18 Å². The topological polar surface area (TPSA) is 23.6 Å². The van der Waals surface area contributed by atoms with Crippen LogP contribution in [0.1, 0.15) is 42.3 Å². The van der Waals surface area contributed by atoms with Gasteiger partial charge in [-0.15, -0.1) is 0 Å². The molecular weight excluding hydrogens is 339 g/mol. The minimum absolute atomic E-state index is 0.0891. The summed E-state index contributed by atoms with van der Waals surface area (Å²) >= 11 is 0. The minimum atomic E-state index is -0.529. The standard InChI is InChI=1S/C23H25FN2O/c1-14-8-9-19(12-15(14)2)25-17(4)23(6,7)26(18(25)5)20-10-11-21(16(3)27)22(24)13-20/h8-13H,4-5H2,1-3,6-7H3. The summed E-state index contributed by atoms with van der Waals surface area (Å²) in [6.45, 7) is 18.1. The quantitative estimate of drug-likeness (QED) is 0.649. The van der Waals surface area contributed by atoms with Crippen molar-refractivity contribution in [3.05, 3.63) is 83.6 Å². The Balaban J connectivity index is 2.08. The monoisotopic (exact) mass is 364 g/mol. The van der Waals surface area contributed by atoms with E-state index in [-0.39, 0.29) is 11.3 Å². The molecule has 0 bridgehead atoms. The number of benzene rings is 2. The number of rotatable bonds is 3. The lowest BCUT2D eigenvalue weighted by atomic mass is 9.99. The Hall–Kier alpha value is -2.88. The number of nitrogens with zero attached hydrogens (tertiary/aromatic N) is 2. The Bertz CT molecular complexity index is 974. The van der Waals surface area contributed by atoms with E-state index in [0.717, 1.165) is 11.4 Å². The zero-order chi connectivity index (χ0) is 20.1. The molecule has 0 saturated carbocycles. The molecule has 27 heavy (non-hydrogen) atoms. The van der Waals surface area contributed by atoms with Crippen LogP contribution in [-0.4, -0.2) is 11.3 Å². The molecular formula is C23H25FN2O. The fraction of sp³-hybridized carbons (Fsp3) is 0.261. The van der Waals surface area contributed by atoms with E-state index in [4.69, 9.17) is 0 Å². The van der Waals surface area contributed by atoms with Crippen molar-refractivity contribution in [1.82, 2.24) is 0 Å². The highest BCUT2D eigenvalue weighted by Crippen LogP contribution is 2.45. The van der Waals surface area contributed by atoms with Crippen LogP contribution in [0.5, 0.6) is 0 Å². The SMILES string of the molecule is C=C1N(c2ccc(C)c(C)c2)C(=C)C(C)(C)N1c1ccc(C(C)=O)c(F)c1. The maximum atomic E-state index is 14.4. The lowest BCUT2D eigenvalue weighted by Gasteiger charge is -2.32. The first-order valence-corrected chi connectivity index (χ1v) is 8.92. The molecule has 1 fully saturated rings. The number of hydrogen-bond acceptors (Lipinski definition) is 3. The van der Waals surface area contributed by atoms with Crippen LogP contribution in [0.2, 0.25) is 0 Å². The number of anilines is 2. The van der Waals surface area contributed by atoms with Crippen molar-refractivity contribution in [1.29, 1.82) is 0 Å². The summed E-state index contributed by atoms with van der Waals surface area (Å²) in [5, 5.41) is 0. The van der Waals surface area contributed by atoms with Crippen LogP contribution in [-0.2, 0) is 0 Å². The number of Topliss-reactive ketones (excluding diaryl/α,β-unsaturated/α-hetero) is 1. The van der Waals surface area contributed by atoms with E-state index in [1.807, 2.05) is 29.7 Å². The summed E-state index contributed by atoms with van der Waals surface area (Å²) in [7, 11) is 0. The smallest absolute Gasteiger partial charge is 0.162 e. The van der Waals surface area contributed by atoms with E-state index >= 15 is 0 Å². The number of carbonyl (C=O) groups excluding carboxylic acids is 1. The van der Waals surface area contributed by atoms with Crippen molar-refractivity contribution in [2.75, 3.05) is 9.80 Å². The third kappa shape index (κ3) is 2.95. The number of hydrogen-bond donors (Lipinski definition) is 0. The molecule has 1 aliphatic heterocycles. The van der Waals surface area contributed by atoms with E-state index in [1.165, 1.54) is 30.2 Å². The summed E-state index contributed by atoms with van der Waals surface area (Å²) in [6, 6.07) is 10.9. The van der Waals surface area contributed by atoms with Crippen LogP contribution < -0.4 is 9.80 Å². The van der Waals surface area contributed by atoms with E-state index < -0.39 is 11.4 Å². The fourth-order valence-electron chi connectivity index (χ4n) is 3.55. The molecule has 0 spiro atoms. The highest BCUT2D eigenvalue weighted by molar-refractivity contribution is 5.94. The van der Waals surface area contributed by atoms with Gasteiger partial charge in [-0.1, -0.05) is 19.2 Å². The predicted molar refractivity (Wildman–Crippen MR) is 110 cm³/mol. The first-order chi connectivity index (χ1) is 12.6. The molecule has 0 atom stereocenters. The average Bonchev–Trinajstić information content (AvgIpc) is 2.75. The molecule has 0 radical (unpaired) electrons. The van der Waals surface area contributed by atoms with Crippen molar-refractivity contribution in [2.45, 2.75) is 40.2 Å². The maximum absolute atomic E-state index is 14.4. The van der Waals surface area contributed by atoms with Crippen molar-refractivity contribution >= 4 is 17.2 Å². The second-order valence-corrected chi connectivity index (χ2v) is 7.58. The van der Waals surface area contributed by atoms with Crippen LogP contribution in [0.4, 0.5) is 15.8 Å². The molecule has 0 unspecified atom stereocenters. The van der Waals surface area contributed by atoms with Gasteiger partial charge in [0.15, 0.2) is 5.78 Å². The van der Waals surface area contributed by atoms with Gasteiger partial charge in [0.2, 0.25) is 0 Å². The molecule has 1 aliphatic rings. The van der Waals surface area contributed by atoms with Crippen molar-refractivity contribution < 1.29 is 9.18 Å². The zero-order valence-electron chi connectivity index (χ0n) is 16.6. The highest BCUT2D eigenvalue weighted by Gasteiger charge is 2.44. The molecule has 4 heteroatoms. The third-order valence-corrected chi connectivity index (χ3v) is 5.39. The summed E-state index contributed by atoms with van der Waals surface area (Å²) in [4.78, 5) is 15.5. The molecule has 2 aromatic rings. The summed E-state index contributed by atoms with van der Waals surface area (Å²) in [5.74, 6) is -0.123. The normalized spacial score (nSPS) is 16.2. The number of carbonyl (C=O) groups is 1. The predicted octanol–water partition coefficient (Wildman–Crippen LogP) is 5.74. The summed E-state index contributed by atoms with van der Waals surface area (Å²) < 4.78 is 14.4. The van der Waals surface area contributed by atoms with Gasteiger partial charge in [0.25, 0.3) is 0 Å². The Labute approximate surface area is 160 Å². The Morgan fingerprint density at radius 2 is 1.63 bits per heavy atom. The van der Waals surface area contributed by atoms with Gasteiger partial charge in [-0.2, -0.15) is 0 Å². The second-order valence-electron chi connectivity index (χ2n) is 7.58. The first-order valence-electron chi connectivity index (χ1n) is 8.92. The molecule has 1 heterocycles. The Kier molecular flexibility index (Phi) is 4.46. The van der Waals surface area contributed by atoms with E-state index in [2.05, 4.69) is 39.1 Å². The number of halogens is 1. The Morgan fingerprint density at radius 1 is 1.00 bits per heavy atom. The largest absolute Gasteiger partial charge is 0.317 e. The van der Waals surface area contributed by atoms with E-state index in [1.54, 1.807) is 6.07 Å². The second kappa shape index (κ2) is 6.38. The Morgan fingerprint density at radius 3 is 2.19 bits per heavy atom. The molecule has 140 valence electrons. The van der Waals surface area contributed by atoms with Gasteiger partial charge < -0.3 is 4.90 Å². The van der Waals surface area contributed by atoms with Crippen LogP contribution in [0.25, 0.3) is 0 Å². The average molecular weight is 364 g/mol. The molecule has 3 nitrogen and oxygen atoms in total. The molecule has 3 rings (SSSR count). The minimum Gasteiger partial charge on any atom is -0.317 e. The van der Waals surface area contributed by atoms with Crippen LogP contribution in [0.3, 0.4) is 0 Å². The van der Waals surface area contributed by atoms with Crippen molar-refractivity contribution in [3.63, 3.8) is 0 Å². The van der Waals surface area contributed by atoms with Crippen LogP contribution in [0.15, 0.2) is 61.1 Å². The van der Waals surface area contributed by atoms with Crippen LogP contribution >= 0.6 is 0 Å². The zero-order valence-corrected chi connectivity index (χ0v) is 16.6. The summed E-state index contributed by atoms with van der Waals surface area (Å²) in [5.41, 5.74) is 4.45. The number of ketones is 1. The van der Waals surface area contributed by atoms with Crippen molar-refractivity contribution in [2.24, 2.45) is 0 Å². The molecule has 0 aliphatic carbocycles. The molecule has 1 saturated heterocycles. The van der Waals surface area contributed by atoms with E-state index in [0.29, 0.717) is 11.5 Å². The van der Waals surface area contributed by atoms with Crippen molar-refractivity contribution in [3.8, 4) is 0 Å². The van der Waals surface area contributed by atoms with Gasteiger partial charge in [0.05, 0.1) is 11.1 Å². The van der Waals surface area contributed by atoms with Gasteiger partial charge in [-0.05, 0) is 76.1 Å². The van der Waals surface area contributed by atoms with Gasteiger partial charge in [-0.3, -0.25) is 9.69 Å². The fourth-order valence-corrected chi connectivity index (χ4v) is 3.55. The number of aryl methyl sites for hydroxylation is 2. The summed E-state index contributed by atoms with van der Waals surface area (Å²) in [6.07, 6.45) is 0. The molecule has 0 amide bonds. The highest BCUT2D eigenvalue weighted by atomic mass is 19.1. The van der Waals surface area contributed by atoms with Gasteiger partial charge in [-0.25, -0.2) is 4.39 Å². The molecule has 2 aromatic carbocycles. The molecule has 0 aromatic heterocycles. The lowest BCUT2D eigenvalue weighted by Crippen LogP contribution is -2.38. The van der Waals surface area contributed by atoms with Gasteiger partial charge >= 0.3 is 0 Å². The molecule has 0 N–H and O–H groups in total. The maximum Gasteiger partial charge on any atom is 0.162 e. The first kappa shape index (κ1) is 18.9.